The molecule has 1 saturated heterocycles. The van der Waals surface area contributed by atoms with Gasteiger partial charge >= 0.3 is 0 Å². The highest BCUT2D eigenvalue weighted by atomic mass is 35.5. The number of halogens is 2. The number of anilines is 1. The molecule has 0 unspecified atom stereocenters. The molecule has 7 heteroatoms. The second kappa shape index (κ2) is 6.11. The van der Waals surface area contributed by atoms with Gasteiger partial charge in [0.2, 0.25) is 0 Å². The van der Waals surface area contributed by atoms with Crippen molar-refractivity contribution in [1.29, 1.82) is 0 Å². The molecule has 0 aliphatic carbocycles. The van der Waals surface area contributed by atoms with Gasteiger partial charge in [0, 0.05) is 33.9 Å². The van der Waals surface area contributed by atoms with Crippen LogP contribution in [0.2, 0.25) is 10.0 Å². The maximum Gasteiger partial charge on any atom is 0.251 e. The molecule has 0 spiro atoms. The van der Waals surface area contributed by atoms with E-state index in [1.54, 1.807) is 0 Å². The van der Waals surface area contributed by atoms with Crippen LogP contribution in [0.5, 0.6) is 0 Å². The van der Waals surface area contributed by atoms with Crippen LogP contribution >= 0.6 is 23.2 Å². The van der Waals surface area contributed by atoms with E-state index >= 15 is 0 Å². The van der Waals surface area contributed by atoms with E-state index in [0.717, 1.165) is 12.8 Å². The summed E-state index contributed by atoms with van der Waals surface area (Å²) in [5.74, 6) is 1.03. The number of benzene rings is 1. The number of rotatable bonds is 2. The molecule has 3 N–H and O–H groups in total. The average molecular weight is 321 g/mol. The first-order valence-corrected chi connectivity index (χ1v) is 8.12. The molecule has 4 nitrogen and oxygen atoms in total. The summed E-state index contributed by atoms with van der Waals surface area (Å²) in [5.41, 5.74) is 6.28. The predicted molar refractivity (Wildman–Crippen MR) is 79.2 cm³/mol. The lowest BCUT2D eigenvalue weighted by Gasteiger charge is -2.22. The van der Waals surface area contributed by atoms with E-state index in [1.807, 2.05) is 0 Å². The zero-order valence-corrected chi connectivity index (χ0v) is 12.4. The van der Waals surface area contributed by atoms with Gasteiger partial charge in [-0.2, -0.15) is 0 Å². The Morgan fingerprint density at radius 1 is 1.26 bits per heavy atom. The Kier molecular flexibility index (Phi) is 4.71. The highest BCUT2D eigenvalue weighted by Gasteiger charge is 2.20. The molecule has 1 aromatic carbocycles. The van der Waals surface area contributed by atoms with E-state index in [1.165, 1.54) is 12.1 Å². The van der Waals surface area contributed by atoms with Crippen molar-refractivity contribution in [3.8, 4) is 0 Å². The lowest BCUT2D eigenvalue weighted by Crippen LogP contribution is -2.39. The SMILES string of the molecule is Nc1c(Cl)cc(C(=O)NC2CCS(=O)CC2)cc1Cl. The quantitative estimate of drug-likeness (QED) is 0.821. The van der Waals surface area contributed by atoms with Crippen LogP contribution in [0, 0.1) is 0 Å². The highest BCUT2D eigenvalue weighted by Crippen LogP contribution is 2.28. The molecule has 104 valence electrons. The van der Waals surface area contributed by atoms with Crippen LogP contribution in [-0.2, 0) is 10.8 Å². The number of hydrogen-bond acceptors (Lipinski definition) is 3. The van der Waals surface area contributed by atoms with Gasteiger partial charge in [0.1, 0.15) is 0 Å². The molecular formula is C12H14Cl2N2O2S. The average Bonchev–Trinajstić information content (AvgIpc) is 2.38. The van der Waals surface area contributed by atoms with Gasteiger partial charge in [-0.1, -0.05) is 23.2 Å². The van der Waals surface area contributed by atoms with E-state index in [0.29, 0.717) is 17.1 Å². The lowest BCUT2D eigenvalue weighted by atomic mass is 10.1. The van der Waals surface area contributed by atoms with Crippen LogP contribution in [0.25, 0.3) is 0 Å². The van der Waals surface area contributed by atoms with Crippen molar-refractivity contribution < 1.29 is 9.00 Å². The molecule has 2 rings (SSSR count). The van der Waals surface area contributed by atoms with Crippen LogP contribution in [-0.4, -0.2) is 27.7 Å². The summed E-state index contributed by atoms with van der Waals surface area (Å²) in [5, 5.41) is 3.43. The Morgan fingerprint density at radius 2 is 1.79 bits per heavy atom. The molecule has 0 saturated carbocycles. The number of amides is 1. The van der Waals surface area contributed by atoms with Gasteiger partial charge in [0.25, 0.3) is 5.91 Å². The van der Waals surface area contributed by atoms with Gasteiger partial charge in [0.15, 0.2) is 0 Å². The summed E-state index contributed by atoms with van der Waals surface area (Å²) < 4.78 is 11.2. The first-order valence-electron chi connectivity index (χ1n) is 5.87. The van der Waals surface area contributed by atoms with Gasteiger partial charge in [-0.25, -0.2) is 0 Å². The van der Waals surface area contributed by atoms with Crippen molar-refractivity contribution in [3.63, 3.8) is 0 Å². The van der Waals surface area contributed by atoms with Crippen LogP contribution in [0.3, 0.4) is 0 Å². The van der Waals surface area contributed by atoms with Crippen LogP contribution < -0.4 is 11.1 Å². The molecule has 19 heavy (non-hydrogen) atoms. The van der Waals surface area contributed by atoms with Gasteiger partial charge in [-0.3, -0.25) is 9.00 Å². The summed E-state index contributed by atoms with van der Waals surface area (Å²) in [4.78, 5) is 12.1. The number of nitrogens with one attached hydrogen (secondary N) is 1. The van der Waals surface area contributed by atoms with Crippen molar-refractivity contribution >= 4 is 45.6 Å². The molecule has 0 atom stereocenters. The molecular weight excluding hydrogens is 307 g/mol. The lowest BCUT2D eigenvalue weighted by molar-refractivity contribution is 0.0934. The number of carbonyl (C=O) groups is 1. The minimum atomic E-state index is -0.741. The predicted octanol–water partition coefficient (Wildman–Crippen LogP) is 2.22. The number of carbonyl (C=O) groups excluding carboxylic acids is 1. The van der Waals surface area contributed by atoms with E-state index in [4.69, 9.17) is 28.9 Å². The summed E-state index contributed by atoms with van der Waals surface area (Å²) in [6.07, 6.45) is 1.46. The third-order valence-corrected chi connectivity index (χ3v) is 5.07. The Morgan fingerprint density at radius 3 is 2.32 bits per heavy atom. The molecule has 0 aromatic heterocycles. The second-order valence-electron chi connectivity index (χ2n) is 4.45. The summed E-state index contributed by atoms with van der Waals surface area (Å²) >= 11 is 11.8. The first-order chi connectivity index (χ1) is 8.97. The van der Waals surface area contributed by atoms with Crippen LogP contribution in [0.15, 0.2) is 12.1 Å². The highest BCUT2D eigenvalue weighted by molar-refractivity contribution is 7.85. The summed E-state index contributed by atoms with van der Waals surface area (Å²) in [7, 11) is -0.741. The van der Waals surface area contributed by atoms with E-state index in [9.17, 15) is 9.00 Å². The Balaban J connectivity index is 2.06. The fourth-order valence-corrected chi connectivity index (χ4v) is 3.71. The molecule has 1 aliphatic heterocycles. The van der Waals surface area contributed by atoms with Crippen LogP contribution in [0.4, 0.5) is 5.69 Å². The maximum atomic E-state index is 12.1. The minimum Gasteiger partial charge on any atom is -0.396 e. The van der Waals surface area contributed by atoms with E-state index in [2.05, 4.69) is 5.32 Å². The summed E-state index contributed by atoms with van der Waals surface area (Å²) in [6, 6.07) is 3.05. The monoisotopic (exact) mass is 320 g/mol. The Labute approximate surface area is 124 Å². The molecule has 1 heterocycles. The maximum absolute atomic E-state index is 12.1. The molecule has 1 fully saturated rings. The van der Waals surface area contributed by atoms with Crippen molar-refractivity contribution in [2.75, 3.05) is 17.2 Å². The van der Waals surface area contributed by atoms with Crippen LogP contribution in [0.1, 0.15) is 23.2 Å². The third-order valence-electron chi connectivity index (χ3n) is 3.06. The molecule has 1 amide bonds. The normalized spacial score (nSPS) is 23.1. The zero-order chi connectivity index (χ0) is 14.0. The Hall–Kier alpha value is -0.780. The zero-order valence-electron chi connectivity index (χ0n) is 10.1. The fourth-order valence-electron chi connectivity index (χ4n) is 1.92. The van der Waals surface area contributed by atoms with Crippen molar-refractivity contribution in [2.45, 2.75) is 18.9 Å². The van der Waals surface area contributed by atoms with Gasteiger partial charge in [0.05, 0.1) is 15.7 Å². The van der Waals surface area contributed by atoms with Crippen molar-refractivity contribution in [3.05, 3.63) is 27.7 Å². The second-order valence-corrected chi connectivity index (χ2v) is 6.96. The van der Waals surface area contributed by atoms with E-state index in [-0.39, 0.29) is 27.7 Å². The smallest absolute Gasteiger partial charge is 0.251 e. The Bertz CT molecular complexity index is 503. The van der Waals surface area contributed by atoms with Crippen molar-refractivity contribution in [2.24, 2.45) is 0 Å². The summed E-state index contributed by atoms with van der Waals surface area (Å²) in [6.45, 7) is 0. The standard InChI is InChI=1S/C12H14Cl2N2O2S/c13-9-5-7(6-10(14)11(9)15)12(17)16-8-1-3-19(18)4-2-8/h5-6,8H,1-4,15H2,(H,16,17). The first kappa shape index (κ1) is 14.6. The topological polar surface area (TPSA) is 72.2 Å². The number of hydrogen-bond donors (Lipinski definition) is 2. The third kappa shape index (κ3) is 3.61. The van der Waals surface area contributed by atoms with Gasteiger partial charge < -0.3 is 11.1 Å². The van der Waals surface area contributed by atoms with Crippen molar-refractivity contribution in [1.82, 2.24) is 5.32 Å². The van der Waals surface area contributed by atoms with E-state index < -0.39 is 10.8 Å². The molecule has 1 aromatic rings. The molecule has 1 aliphatic rings. The van der Waals surface area contributed by atoms with Gasteiger partial charge in [-0.15, -0.1) is 0 Å². The number of nitrogens with two attached hydrogens (primary N) is 1. The fraction of sp³-hybridized carbons (Fsp3) is 0.417. The minimum absolute atomic E-state index is 0.0558. The molecule has 0 bridgehead atoms. The largest absolute Gasteiger partial charge is 0.396 e. The molecule has 0 radical (unpaired) electrons. The number of nitrogen functional groups attached to an aromatic ring is 1. The van der Waals surface area contributed by atoms with Gasteiger partial charge in [-0.05, 0) is 25.0 Å².